The Morgan fingerprint density at radius 2 is 1.65 bits per heavy atom. The summed E-state index contributed by atoms with van der Waals surface area (Å²) in [4.78, 5) is 12.9. The van der Waals surface area contributed by atoms with Gasteiger partial charge in [0.05, 0.1) is 15.5 Å². The standard InChI is InChI=1S/C22H28N2O5S2/c1-18-11-12-19(17-21(18)31(28,29)24-14-6-3-7-15-24)22(25)23-13-8-16-30(26,27)20-9-4-2-5-10-20/h2,4-5,9-12,17H,3,6-8,13-16H2,1H3,(H,23,25). The van der Waals surface area contributed by atoms with Gasteiger partial charge in [0.1, 0.15) is 0 Å². The van der Waals surface area contributed by atoms with E-state index >= 15 is 0 Å². The molecule has 0 unspecified atom stereocenters. The minimum atomic E-state index is -3.65. The van der Waals surface area contributed by atoms with Crippen LogP contribution in [0.15, 0.2) is 58.3 Å². The maximum Gasteiger partial charge on any atom is 0.251 e. The molecule has 31 heavy (non-hydrogen) atoms. The average Bonchev–Trinajstić information content (AvgIpc) is 2.78. The number of sulfonamides is 1. The Morgan fingerprint density at radius 3 is 2.32 bits per heavy atom. The monoisotopic (exact) mass is 464 g/mol. The number of sulfone groups is 1. The summed E-state index contributed by atoms with van der Waals surface area (Å²) in [6, 6.07) is 12.8. The minimum Gasteiger partial charge on any atom is -0.352 e. The van der Waals surface area contributed by atoms with Crippen molar-refractivity contribution in [2.45, 2.75) is 42.4 Å². The second-order valence-electron chi connectivity index (χ2n) is 7.69. The van der Waals surface area contributed by atoms with Crippen LogP contribution < -0.4 is 5.32 Å². The highest BCUT2D eigenvalue weighted by atomic mass is 32.2. The molecule has 0 radical (unpaired) electrons. The van der Waals surface area contributed by atoms with Crippen molar-refractivity contribution in [3.63, 3.8) is 0 Å². The first-order valence-corrected chi connectivity index (χ1v) is 13.5. The third-order valence-corrected chi connectivity index (χ3v) is 9.22. The number of nitrogens with one attached hydrogen (secondary N) is 1. The average molecular weight is 465 g/mol. The molecule has 1 saturated heterocycles. The molecule has 0 saturated carbocycles. The van der Waals surface area contributed by atoms with Gasteiger partial charge in [0.15, 0.2) is 9.84 Å². The maximum absolute atomic E-state index is 13.0. The molecule has 0 aliphatic carbocycles. The lowest BCUT2D eigenvalue weighted by Crippen LogP contribution is -2.36. The van der Waals surface area contributed by atoms with Gasteiger partial charge in [0.2, 0.25) is 10.0 Å². The molecule has 7 nitrogen and oxygen atoms in total. The van der Waals surface area contributed by atoms with Crippen LogP contribution in [0.5, 0.6) is 0 Å². The highest BCUT2D eigenvalue weighted by Crippen LogP contribution is 2.24. The summed E-state index contributed by atoms with van der Waals surface area (Å²) in [6.07, 6.45) is 2.95. The van der Waals surface area contributed by atoms with E-state index in [9.17, 15) is 21.6 Å². The Hall–Kier alpha value is -2.23. The molecule has 3 rings (SSSR count). The van der Waals surface area contributed by atoms with Crippen molar-refractivity contribution in [2.24, 2.45) is 0 Å². The number of aryl methyl sites for hydroxylation is 1. The quantitative estimate of drug-likeness (QED) is 0.606. The zero-order valence-corrected chi connectivity index (χ0v) is 19.2. The van der Waals surface area contributed by atoms with E-state index in [-0.39, 0.29) is 34.1 Å². The van der Waals surface area contributed by atoms with Gasteiger partial charge >= 0.3 is 0 Å². The fourth-order valence-electron chi connectivity index (χ4n) is 3.58. The van der Waals surface area contributed by atoms with Crippen molar-refractivity contribution in [1.82, 2.24) is 9.62 Å². The fourth-order valence-corrected chi connectivity index (χ4v) is 6.68. The van der Waals surface area contributed by atoms with E-state index in [1.165, 1.54) is 10.4 Å². The molecule has 1 aliphatic heterocycles. The van der Waals surface area contributed by atoms with E-state index < -0.39 is 25.8 Å². The zero-order valence-electron chi connectivity index (χ0n) is 17.6. The number of nitrogens with zero attached hydrogens (tertiary/aromatic N) is 1. The van der Waals surface area contributed by atoms with Gasteiger partial charge in [-0.05, 0) is 56.0 Å². The lowest BCUT2D eigenvalue weighted by molar-refractivity contribution is 0.0953. The molecule has 0 atom stereocenters. The van der Waals surface area contributed by atoms with E-state index in [2.05, 4.69) is 5.32 Å². The van der Waals surface area contributed by atoms with Crippen LogP contribution in [0.2, 0.25) is 0 Å². The van der Waals surface area contributed by atoms with Crippen LogP contribution in [0.1, 0.15) is 41.6 Å². The molecule has 1 amide bonds. The third-order valence-electron chi connectivity index (χ3n) is 5.36. The summed E-state index contributed by atoms with van der Waals surface area (Å²) in [5.41, 5.74) is 0.836. The van der Waals surface area contributed by atoms with E-state index in [1.54, 1.807) is 49.4 Å². The molecule has 0 bridgehead atoms. The van der Waals surface area contributed by atoms with Gasteiger partial charge in [-0.25, -0.2) is 16.8 Å². The normalized spacial score (nSPS) is 15.5. The molecule has 1 heterocycles. The van der Waals surface area contributed by atoms with Gasteiger partial charge in [-0.15, -0.1) is 0 Å². The second kappa shape index (κ2) is 9.93. The van der Waals surface area contributed by atoms with Crippen molar-refractivity contribution in [3.8, 4) is 0 Å². The molecular formula is C22H28N2O5S2. The Balaban J connectivity index is 1.63. The second-order valence-corrected chi connectivity index (χ2v) is 11.7. The smallest absolute Gasteiger partial charge is 0.251 e. The van der Waals surface area contributed by atoms with Crippen molar-refractivity contribution in [3.05, 3.63) is 59.7 Å². The number of hydrogen-bond acceptors (Lipinski definition) is 5. The Morgan fingerprint density at radius 1 is 0.968 bits per heavy atom. The van der Waals surface area contributed by atoms with Gasteiger partial charge in [-0.1, -0.05) is 30.7 Å². The number of carbonyl (C=O) groups is 1. The highest BCUT2D eigenvalue weighted by molar-refractivity contribution is 7.91. The summed E-state index contributed by atoms with van der Waals surface area (Å²) in [7, 11) is -7.05. The first-order chi connectivity index (χ1) is 14.7. The molecule has 1 N–H and O–H groups in total. The number of piperidine rings is 1. The van der Waals surface area contributed by atoms with Crippen LogP contribution in [0, 0.1) is 6.92 Å². The van der Waals surface area contributed by atoms with Crippen LogP contribution in [-0.2, 0) is 19.9 Å². The summed E-state index contributed by atoms with van der Waals surface area (Å²) in [6.45, 7) is 2.88. The van der Waals surface area contributed by atoms with Gasteiger partial charge in [0, 0.05) is 25.2 Å². The zero-order chi connectivity index (χ0) is 22.5. The summed E-state index contributed by atoms with van der Waals surface area (Å²) in [5.74, 6) is -0.507. The van der Waals surface area contributed by atoms with E-state index in [1.807, 2.05) is 0 Å². The van der Waals surface area contributed by atoms with Gasteiger partial charge < -0.3 is 5.32 Å². The van der Waals surface area contributed by atoms with E-state index in [0.717, 1.165) is 19.3 Å². The molecule has 1 aliphatic rings. The lowest BCUT2D eigenvalue weighted by Gasteiger charge is -2.26. The Kier molecular flexibility index (Phi) is 7.51. The molecule has 2 aromatic carbocycles. The van der Waals surface area contributed by atoms with E-state index in [0.29, 0.717) is 18.7 Å². The fraction of sp³-hybridized carbons (Fsp3) is 0.409. The topological polar surface area (TPSA) is 101 Å². The molecule has 168 valence electrons. The van der Waals surface area contributed by atoms with Gasteiger partial charge in [-0.2, -0.15) is 4.31 Å². The van der Waals surface area contributed by atoms with Crippen molar-refractivity contribution < 1.29 is 21.6 Å². The number of rotatable bonds is 8. The third kappa shape index (κ3) is 5.72. The Labute approximate surface area is 184 Å². The van der Waals surface area contributed by atoms with Crippen molar-refractivity contribution >= 4 is 25.8 Å². The van der Waals surface area contributed by atoms with Crippen LogP contribution in [-0.4, -0.2) is 52.4 Å². The van der Waals surface area contributed by atoms with Crippen molar-refractivity contribution in [2.75, 3.05) is 25.4 Å². The van der Waals surface area contributed by atoms with Crippen LogP contribution in [0.3, 0.4) is 0 Å². The lowest BCUT2D eigenvalue weighted by atomic mass is 10.1. The van der Waals surface area contributed by atoms with Crippen LogP contribution in [0.25, 0.3) is 0 Å². The number of benzene rings is 2. The molecular weight excluding hydrogens is 436 g/mol. The van der Waals surface area contributed by atoms with Gasteiger partial charge in [0.25, 0.3) is 5.91 Å². The molecule has 2 aromatic rings. The van der Waals surface area contributed by atoms with Gasteiger partial charge in [-0.3, -0.25) is 4.79 Å². The first kappa shape index (κ1) is 23.4. The predicted octanol–water partition coefficient (Wildman–Crippen LogP) is 2.76. The van der Waals surface area contributed by atoms with Crippen LogP contribution in [0.4, 0.5) is 0 Å². The first-order valence-electron chi connectivity index (χ1n) is 10.4. The predicted molar refractivity (Wildman–Crippen MR) is 119 cm³/mol. The summed E-state index contributed by atoms with van der Waals surface area (Å²) < 4.78 is 52.1. The molecule has 1 fully saturated rings. The van der Waals surface area contributed by atoms with E-state index in [4.69, 9.17) is 0 Å². The highest BCUT2D eigenvalue weighted by Gasteiger charge is 2.28. The van der Waals surface area contributed by atoms with Crippen LogP contribution >= 0.6 is 0 Å². The number of carbonyl (C=O) groups excluding carboxylic acids is 1. The molecule has 0 aromatic heterocycles. The number of amides is 1. The maximum atomic E-state index is 13.0. The Bertz CT molecular complexity index is 1120. The largest absolute Gasteiger partial charge is 0.352 e. The summed E-state index contributed by atoms with van der Waals surface area (Å²) in [5, 5.41) is 2.69. The minimum absolute atomic E-state index is 0.0836. The number of hydrogen-bond donors (Lipinski definition) is 1. The van der Waals surface area contributed by atoms with Crippen molar-refractivity contribution in [1.29, 1.82) is 0 Å². The molecule has 0 spiro atoms. The summed E-state index contributed by atoms with van der Waals surface area (Å²) >= 11 is 0. The SMILES string of the molecule is Cc1ccc(C(=O)NCCCS(=O)(=O)c2ccccc2)cc1S(=O)(=O)N1CCCCC1. The molecule has 9 heteroatoms.